The summed E-state index contributed by atoms with van der Waals surface area (Å²) in [6.45, 7) is 1.85. The molecule has 0 aliphatic heterocycles. The Hall–Kier alpha value is -1.67. The van der Waals surface area contributed by atoms with Crippen molar-refractivity contribution >= 4 is 34.1 Å². The first-order valence-corrected chi connectivity index (χ1v) is 6.26. The summed E-state index contributed by atoms with van der Waals surface area (Å²) in [5.74, 6) is 0. The van der Waals surface area contributed by atoms with Crippen molar-refractivity contribution in [3.8, 4) is 0 Å². The summed E-state index contributed by atoms with van der Waals surface area (Å²) in [7, 11) is 0. The van der Waals surface area contributed by atoms with Crippen molar-refractivity contribution in [1.29, 1.82) is 0 Å². The highest BCUT2D eigenvalue weighted by Crippen LogP contribution is 2.30. The number of nitro groups is 1. The average Bonchev–Trinajstić information content (AvgIpc) is 2.73. The van der Waals surface area contributed by atoms with Crippen LogP contribution >= 0.6 is 23.3 Å². The maximum Gasteiger partial charge on any atom is 0.284 e. The summed E-state index contributed by atoms with van der Waals surface area (Å²) < 4.78 is 2.93. The van der Waals surface area contributed by atoms with Gasteiger partial charge in [0.15, 0.2) is 0 Å². The standard InChI is InChI=1S/C9H8N4O2S2/c1-6-10-11-9(16-6)12-17-8-5-3-2-4-7(8)13(14)15/h2-5H,1H3,(H,11,12). The fraction of sp³-hybridized carbons (Fsp3) is 0.111. The van der Waals surface area contributed by atoms with Gasteiger partial charge in [-0.3, -0.25) is 14.8 Å². The number of aromatic nitrogens is 2. The average molecular weight is 268 g/mol. The highest BCUT2D eigenvalue weighted by Gasteiger charge is 2.13. The monoisotopic (exact) mass is 268 g/mol. The van der Waals surface area contributed by atoms with Crippen LogP contribution in [0.25, 0.3) is 0 Å². The normalized spacial score (nSPS) is 10.2. The molecule has 0 fully saturated rings. The van der Waals surface area contributed by atoms with Gasteiger partial charge in [-0.15, -0.1) is 10.2 Å². The van der Waals surface area contributed by atoms with Crippen molar-refractivity contribution in [3.05, 3.63) is 39.4 Å². The van der Waals surface area contributed by atoms with E-state index in [0.717, 1.165) is 17.0 Å². The number of benzene rings is 1. The Morgan fingerprint density at radius 1 is 1.41 bits per heavy atom. The number of para-hydroxylation sites is 1. The van der Waals surface area contributed by atoms with Gasteiger partial charge in [-0.1, -0.05) is 23.5 Å². The summed E-state index contributed by atoms with van der Waals surface area (Å²) in [4.78, 5) is 10.9. The number of nitro benzene ring substituents is 1. The molecule has 88 valence electrons. The molecular formula is C9H8N4O2S2. The first-order valence-electron chi connectivity index (χ1n) is 4.63. The molecule has 0 saturated heterocycles. The summed E-state index contributed by atoms with van der Waals surface area (Å²) >= 11 is 2.56. The van der Waals surface area contributed by atoms with Gasteiger partial charge >= 0.3 is 0 Å². The fourth-order valence-electron chi connectivity index (χ4n) is 1.13. The second-order valence-corrected chi connectivity index (χ2v) is 5.08. The predicted octanol–water partition coefficient (Wildman–Crippen LogP) is 2.87. The van der Waals surface area contributed by atoms with Gasteiger partial charge < -0.3 is 0 Å². The number of nitrogens with one attached hydrogen (secondary N) is 1. The van der Waals surface area contributed by atoms with Crippen LogP contribution in [0.1, 0.15) is 5.01 Å². The number of hydrogen-bond acceptors (Lipinski definition) is 7. The van der Waals surface area contributed by atoms with Gasteiger partial charge in [-0.2, -0.15) is 0 Å². The third kappa shape index (κ3) is 2.92. The van der Waals surface area contributed by atoms with Gasteiger partial charge in [0.25, 0.3) is 5.69 Å². The van der Waals surface area contributed by atoms with E-state index in [0.29, 0.717) is 10.0 Å². The summed E-state index contributed by atoms with van der Waals surface area (Å²) in [5, 5.41) is 20.0. The summed E-state index contributed by atoms with van der Waals surface area (Å²) in [6, 6.07) is 6.54. The molecule has 8 heteroatoms. The minimum Gasteiger partial charge on any atom is -0.300 e. The summed E-state index contributed by atoms with van der Waals surface area (Å²) in [6.07, 6.45) is 0. The second kappa shape index (κ2) is 5.11. The van der Waals surface area contributed by atoms with E-state index in [4.69, 9.17) is 0 Å². The van der Waals surface area contributed by atoms with Gasteiger partial charge in [0.1, 0.15) is 9.90 Å². The molecule has 1 N–H and O–H groups in total. The fourth-order valence-corrected chi connectivity index (χ4v) is 2.50. The van der Waals surface area contributed by atoms with Crippen LogP contribution < -0.4 is 4.72 Å². The lowest BCUT2D eigenvalue weighted by Gasteiger charge is -2.01. The zero-order valence-corrected chi connectivity index (χ0v) is 10.4. The quantitative estimate of drug-likeness (QED) is 0.521. The first kappa shape index (κ1) is 11.8. The molecule has 0 atom stereocenters. The third-order valence-corrected chi connectivity index (χ3v) is 3.58. The number of anilines is 1. The van der Waals surface area contributed by atoms with E-state index in [1.54, 1.807) is 18.2 Å². The third-order valence-electron chi connectivity index (χ3n) is 1.84. The van der Waals surface area contributed by atoms with Crippen LogP contribution in [-0.4, -0.2) is 15.1 Å². The van der Waals surface area contributed by atoms with Gasteiger partial charge in [0, 0.05) is 6.07 Å². The van der Waals surface area contributed by atoms with Crippen LogP contribution in [-0.2, 0) is 0 Å². The molecule has 1 heterocycles. The maximum absolute atomic E-state index is 10.8. The van der Waals surface area contributed by atoms with E-state index in [9.17, 15) is 10.1 Å². The smallest absolute Gasteiger partial charge is 0.284 e. The number of aryl methyl sites for hydroxylation is 1. The Morgan fingerprint density at radius 3 is 2.82 bits per heavy atom. The zero-order chi connectivity index (χ0) is 12.3. The van der Waals surface area contributed by atoms with Crippen LogP contribution in [0, 0.1) is 17.0 Å². The largest absolute Gasteiger partial charge is 0.300 e. The van der Waals surface area contributed by atoms with E-state index >= 15 is 0 Å². The molecule has 2 rings (SSSR count). The Balaban J connectivity index is 2.11. The Bertz CT molecular complexity index is 543. The molecule has 0 aliphatic carbocycles. The first-order chi connectivity index (χ1) is 8.16. The van der Waals surface area contributed by atoms with Crippen LogP contribution in [0.3, 0.4) is 0 Å². The molecule has 0 radical (unpaired) electrons. The summed E-state index contributed by atoms with van der Waals surface area (Å²) in [5.41, 5.74) is 0.0752. The van der Waals surface area contributed by atoms with E-state index in [1.807, 2.05) is 6.92 Å². The minimum absolute atomic E-state index is 0.0752. The molecule has 1 aromatic heterocycles. The van der Waals surface area contributed by atoms with Gasteiger partial charge in [-0.05, 0) is 24.9 Å². The van der Waals surface area contributed by atoms with Crippen LogP contribution in [0.5, 0.6) is 0 Å². The highest BCUT2D eigenvalue weighted by molar-refractivity contribution is 8.00. The molecule has 0 saturated carbocycles. The van der Waals surface area contributed by atoms with Crippen molar-refractivity contribution in [2.75, 3.05) is 4.72 Å². The molecular weight excluding hydrogens is 260 g/mol. The van der Waals surface area contributed by atoms with Gasteiger partial charge in [0.05, 0.1) is 4.92 Å². The van der Waals surface area contributed by atoms with Crippen LogP contribution in [0.15, 0.2) is 29.2 Å². The molecule has 0 aliphatic rings. The molecule has 0 spiro atoms. The Morgan fingerprint density at radius 2 is 2.18 bits per heavy atom. The number of hydrogen-bond donors (Lipinski definition) is 1. The Labute approximate surface area is 105 Å². The molecule has 2 aromatic rings. The molecule has 6 nitrogen and oxygen atoms in total. The number of nitrogens with zero attached hydrogens (tertiary/aromatic N) is 3. The molecule has 0 unspecified atom stereocenters. The van der Waals surface area contributed by atoms with Crippen molar-refractivity contribution in [2.24, 2.45) is 0 Å². The van der Waals surface area contributed by atoms with E-state index in [2.05, 4.69) is 14.9 Å². The second-order valence-electron chi connectivity index (χ2n) is 3.06. The van der Waals surface area contributed by atoms with E-state index in [1.165, 1.54) is 17.4 Å². The lowest BCUT2D eigenvalue weighted by atomic mass is 10.3. The zero-order valence-electron chi connectivity index (χ0n) is 8.78. The number of rotatable bonds is 4. The molecule has 0 amide bonds. The van der Waals surface area contributed by atoms with Gasteiger partial charge in [0.2, 0.25) is 5.13 Å². The lowest BCUT2D eigenvalue weighted by Crippen LogP contribution is -1.92. The van der Waals surface area contributed by atoms with Gasteiger partial charge in [-0.25, -0.2) is 0 Å². The topological polar surface area (TPSA) is 81.0 Å². The van der Waals surface area contributed by atoms with E-state index in [-0.39, 0.29) is 5.69 Å². The highest BCUT2D eigenvalue weighted by atomic mass is 32.2. The van der Waals surface area contributed by atoms with Crippen molar-refractivity contribution in [1.82, 2.24) is 10.2 Å². The minimum atomic E-state index is -0.407. The van der Waals surface area contributed by atoms with Crippen molar-refractivity contribution in [2.45, 2.75) is 11.8 Å². The molecule has 17 heavy (non-hydrogen) atoms. The van der Waals surface area contributed by atoms with Crippen molar-refractivity contribution in [3.63, 3.8) is 0 Å². The maximum atomic E-state index is 10.8. The lowest BCUT2D eigenvalue weighted by molar-refractivity contribution is -0.387. The molecule has 1 aromatic carbocycles. The van der Waals surface area contributed by atoms with E-state index < -0.39 is 4.92 Å². The van der Waals surface area contributed by atoms with Crippen LogP contribution in [0.2, 0.25) is 0 Å². The SMILES string of the molecule is Cc1nnc(NSc2ccccc2[N+](=O)[O-])s1. The predicted molar refractivity (Wildman–Crippen MR) is 67.2 cm³/mol. The Kier molecular flexibility index (Phi) is 3.55. The van der Waals surface area contributed by atoms with Crippen molar-refractivity contribution < 1.29 is 4.92 Å². The molecule has 0 bridgehead atoms. The van der Waals surface area contributed by atoms with Crippen LogP contribution in [0.4, 0.5) is 10.8 Å².